The lowest BCUT2D eigenvalue weighted by molar-refractivity contribution is 0.456. The Balaban J connectivity index is 1.95. The van der Waals surface area contributed by atoms with Crippen LogP contribution < -0.4 is 5.32 Å². The summed E-state index contributed by atoms with van der Waals surface area (Å²) < 4.78 is 2.02. The largest absolute Gasteiger partial charge is 0.309 e. The minimum absolute atomic E-state index is 0.403. The molecule has 0 aliphatic rings. The summed E-state index contributed by atoms with van der Waals surface area (Å²) >= 11 is 0. The van der Waals surface area contributed by atoms with E-state index in [0.717, 1.165) is 31.5 Å². The Morgan fingerprint density at radius 1 is 1.24 bits per heavy atom. The van der Waals surface area contributed by atoms with Crippen molar-refractivity contribution in [2.24, 2.45) is 7.05 Å². The first-order valence-corrected chi connectivity index (χ1v) is 7.98. The standard InChI is InChI=1S/C18H27N3/c1-4-13-19-17(18-14-15(2)20-21(18)3)12-8-11-16-9-6-5-7-10-16/h5-7,9-10,14,17,19H,4,8,11-13H2,1-3H3. The molecule has 114 valence electrons. The third kappa shape index (κ3) is 4.71. The monoisotopic (exact) mass is 285 g/mol. The van der Waals surface area contributed by atoms with Crippen molar-refractivity contribution in [1.82, 2.24) is 15.1 Å². The van der Waals surface area contributed by atoms with Gasteiger partial charge in [0, 0.05) is 13.1 Å². The van der Waals surface area contributed by atoms with Gasteiger partial charge in [0.15, 0.2) is 0 Å². The quantitative estimate of drug-likeness (QED) is 0.799. The van der Waals surface area contributed by atoms with Crippen LogP contribution in [0.4, 0.5) is 0 Å². The summed E-state index contributed by atoms with van der Waals surface area (Å²) in [6.45, 7) is 5.33. The minimum atomic E-state index is 0.403. The van der Waals surface area contributed by atoms with Crippen molar-refractivity contribution in [3.05, 3.63) is 53.3 Å². The summed E-state index contributed by atoms with van der Waals surface area (Å²) in [4.78, 5) is 0. The van der Waals surface area contributed by atoms with E-state index >= 15 is 0 Å². The summed E-state index contributed by atoms with van der Waals surface area (Å²) in [5.74, 6) is 0. The Labute approximate surface area is 128 Å². The van der Waals surface area contributed by atoms with Crippen LogP contribution in [0, 0.1) is 6.92 Å². The van der Waals surface area contributed by atoms with Gasteiger partial charge in [0.1, 0.15) is 0 Å². The zero-order valence-corrected chi connectivity index (χ0v) is 13.5. The van der Waals surface area contributed by atoms with Gasteiger partial charge < -0.3 is 5.32 Å². The van der Waals surface area contributed by atoms with Gasteiger partial charge in [-0.1, -0.05) is 37.3 Å². The number of hydrogen-bond acceptors (Lipinski definition) is 2. The third-order valence-corrected chi connectivity index (χ3v) is 3.84. The molecule has 0 saturated heterocycles. The van der Waals surface area contributed by atoms with Crippen LogP contribution in [0.25, 0.3) is 0 Å². The van der Waals surface area contributed by atoms with Gasteiger partial charge >= 0.3 is 0 Å². The Bertz CT molecular complexity index is 531. The van der Waals surface area contributed by atoms with Crippen molar-refractivity contribution in [3.63, 3.8) is 0 Å². The maximum absolute atomic E-state index is 4.48. The second-order valence-electron chi connectivity index (χ2n) is 5.72. The van der Waals surface area contributed by atoms with Gasteiger partial charge in [-0.3, -0.25) is 4.68 Å². The molecule has 0 bridgehead atoms. The molecule has 0 aliphatic carbocycles. The molecule has 1 aromatic heterocycles. The van der Waals surface area contributed by atoms with E-state index in [1.54, 1.807) is 0 Å². The minimum Gasteiger partial charge on any atom is -0.309 e. The molecular formula is C18H27N3. The molecule has 2 rings (SSSR count). The molecule has 1 aromatic carbocycles. The Hall–Kier alpha value is -1.61. The molecule has 1 N–H and O–H groups in total. The first-order chi connectivity index (χ1) is 10.2. The molecule has 3 heteroatoms. The van der Waals surface area contributed by atoms with E-state index < -0.39 is 0 Å². The first-order valence-electron chi connectivity index (χ1n) is 7.98. The van der Waals surface area contributed by atoms with Crippen molar-refractivity contribution in [3.8, 4) is 0 Å². The van der Waals surface area contributed by atoms with Gasteiger partial charge in [0.05, 0.1) is 11.4 Å². The van der Waals surface area contributed by atoms with Crippen LogP contribution in [-0.4, -0.2) is 16.3 Å². The van der Waals surface area contributed by atoms with Crippen LogP contribution in [0.3, 0.4) is 0 Å². The SMILES string of the molecule is CCCNC(CCCc1ccccc1)c1cc(C)nn1C. The molecule has 1 heterocycles. The normalized spacial score (nSPS) is 12.5. The maximum Gasteiger partial charge on any atom is 0.0597 e. The van der Waals surface area contributed by atoms with Crippen LogP contribution in [0.1, 0.15) is 49.2 Å². The molecule has 1 atom stereocenters. The van der Waals surface area contributed by atoms with Crippen LogP contribution in [0.2, 0.25) is 0 Å². The van der Waals surface area contributed by atoms with Crippen molar-refractivity contribution in [2.75, 3.05) is 6.54 Å². The molecule has 3 nitrogen and oxygen atoms in total. The lowest BCUT2D eigenvalue weighted by Crippen LogP contribution is -2.24. The molecule has 0 amide bonds. The molecule has 1 unspecified atom stereocenters. The molecule has 21 heavy (non-hydrogen) atoms. The summed E-state index contributed by atoms with van der Waals surface area (Å²) in [5.41, 5.74) is 3.82. The average Bonchev–Trinajstić information content (AvgIpc) is 2.82. The molecule has 0 fully saturated rings. The fourth-order valence-corrected chi connectivity index (χ4v) is 2.78. The number of aryl methyl sites for hydroxylation is 3. The van der Waals surface area contributed by atoms with Gasteiger partial charge in [0.25, 0.3) is 0 Å². The van der Waals surface area contributed by atoms with Gasteiger partial charge in [-0.25, -0.2) is 0 Å². The second-order valence-corrected chi connectivity index (χ2v) is 5.72. The zero-order chi connectivity index (χ0) is 15.1. The van der Waals surface area contributed by atoms with Crippen LogP contribution in [0.5, 0.6) is 0 Å². The van der Waals surface area contributed by atoms with E-state index in [1.165, 1.54) is 17.7 Å². The summed E-state index contributed by atoms with van der Waals surface area (Å²) in [6.07, 6.45) is 4.64. The predicted octanol–water partition coefficient (Wildman–Crippen LogP) is 3.79. The fraction of sp³-hybridized carbons (Fsp3) is 0.500. The molecule has 2 aromatic rings. The number of benzene rings is 1. The second kappa shape index (κ2) is 7.99. The highest BCUT2D eigenvalue weighted by molar-refractivity contribution is 5.15. The fourth-order valence-electron chi connectivity index (χ4n) is 2.78. The molecule has 0 radical (unpaired) electrons. The zero-order valence-electron chi connectivity index (χ0n) is 13.5. The van der Waals surface area contributed by atoms with Crippen molar-refractivity contribution < 1.29 is 0 Å². The van der Waals surface area contributed by atoms with Crippen LogP contribution in [0.15, 0.2) is 36.4 Å². The lowest BCUT2D eigenvalue weighted by atomic mass is 10.0. The third-order valence-electron chi connectivity index (χ3n) is 3.84. The van der Waals surface area contributed by atoms with Gasteiger partial charge in [-0.05, 0) is 50.8 Å². The van der Waals surface area contributed by atoms with Crippen molar-refractivity contribution in [2.45, 2.75) is 45.6 Å². The molecule has 0 spiro atoms. The highest BCUT2D eigenvalue weighted by Gasteiger charge is 2.15. The summed E-state index contributed by atoms with van der Waals surface area (Å²) in [5, 5.41) is 8.15. The van der Waals surface area contributed by atoms with Crippen molar-refractivity contribution >= 4 is 0 Å². The van der Waals surface area contributed by atoms with E-state index in [-0.39, 0.29) is 0 Å². The van der Waals surface area contributed by atoms with Crippen molar-refractivity contribution in [1.29, 1.82) is 0 Å². The first kappa shape index (κ1) is 15.8. The molecular weight excluding hydrogens is 258 g/mol. The topological polar surface area (TPSA) is 29.9 Å². The number of nitrogens with zero attached hydrogens (tertiary/aromatic N) is 2. The van der Waals surface area contributed by atoms with Gasteiger partial charge in [0.2, 0.25) is 0 Å². The molecule has 0 saturated carbocycles. The summed E-state index contributed by atoms with van der Waals surface area (Å²) in [6, 6.07) is 13.3. The van der Waals surface area contributed by atoms with E-state index in [1.807, 2.05) is 11.7 Å². The number of hydrogen-bond donors (Lipinski definition) is 1. The average molecular weight is 285 g/mol. The van der Waals surface area contributed by atoms with Crippen LogP contribution in [-0.2, 0) is 13.5 Å². The number of rotatable bonds is 8. The Morgan fingerprint density at radius 3 is 2.62 bits per heavy atom. The van der Waals surface area contributed by atoms with E-state index in [9.17, 15) is 0 Å². The lowest BCUT2D eigenvalue weighted by Gasteiger charge is -2.18. The Kier molecular flexibility index (Phi) is 6.00. The predicted molar refractivity (Wildman–Crippen MR) is 88.4 cm³/mol. The van der Waals surface area contributed by atoms with Crippen LogP contribution >= 0.6 is 0 Å². The van der Waals surface area contributed by atoms with Gasteiger partial charge in [-0.2, -0.15) is 5.10 Å². The smallest absolute Gasteiger partial charge is 0.0597 e. The highest BCUT2D eigenvalue weighted by atomic mass is 15.3. The van der Waals surface area contributed by atoms with E-state index in [2.05, 4.69) is 60.7 Å². The molecule has 0 aliphatic heterocycles. The highest BCUT2D eigenvalue weighted by Crippen LogP contribution is 2.20. The number of nitrogens with one attached hydrogen (secondary N) is 1. The Morgan fingerprint density at radius 2 is 2.00 bits per heavy atom. The summed E-state index contributed by atoms with van der Waals surface area (Å²) in [7, 11) is 2.04. The van der Waals surface area contributed by atoms with E-state index in [0.29, 0.717) is 6.04 Å². The number of aromatic nitrogens is 2. The maximum atomic E-state index is 4.48. The van der Waals surface area contributed by atoms with E-state index in [4.69, 9.17) is 0 Å². The van der Waals surface area contributed by atoms with Gasteiger partial charge in [-0.15, -0.1) is 0 Å².